The van der Waals surface area contributed by atoms with E-state index in [0.29, 0.717) is 5.56 Å². The highest BCUT2D eigenvalue weighted by Crippen LogP contribution is 2.31. The molecule has 1 aromatic carbocycles. The van der Waals surface area contributed by atoms with Crippen molar-refractivity contribution in [1.82, 2.24) is 0 Å². The number of rotatable bonds is 4. The molecule has 0 spiro atoms. The Labute approximate surface area is 101 Å². The first-order valence-corrected chi connectivity index (χ1v) is 5.91. The Morgan fingerprint density at radius 1 is 1.35 bits per heavy atom. The van der Waals surface area contributed by atoms with Crippen molar-refractivity contribution in [2.45, 2.75) is 18.8 Å². The van der Waals surface area contributed by atoms with Gasteiger partial charge >= 0.3 is 5.97 Å². The van der Waals surface area contributed by atoms with Crippen molar-refractivity contribution >= 4 is 27.4 Å². The highest BCUT2D eigenvalue weighted by Gasteiger charge is 2.33. The minimum absolute atomic E-state index is 0.511. The number of hydrogen-bond acceptors (Lipinski definition) is 2. The monoisotopic (exact) mass is 256 g/mol. The molecule has 0 aliphatic carbocycles. The van der Waals surface area contributed by atoms with Crippen LogP contribution in [0.25, 0.3) is 10.1 Å². The topological polar surface area (TPSA) is 37.3 Å². The number of alkyl halides is 2. The van der Waals surface area contributed by atoms with Gasteiger partial charge in [-0.05, 0) is 22.4 Å². The van der Waals surface area contributed by atoms with Crippen LogP contribution >= 0.6 is 11.3 Å². The normalized spacial score (nSPS) is 11.9. The van der Waals surface area contributed by atoms with Crippen LogP contribution < -0.4 is 0 Å². The van der Waals surface area contributed by atoms with Crippen molar-refractivity contribution in [1.29, 1.82) is 0 Å². The van der Waals surface area contributed by atoms with Crippen LogP contribution in [0.15, 0.2) is 29.6 Å². The molecule has 2 aromatic rings. The van der Waals surface area contributed by atoms with E-state index in [1.807, 2.05) is 12.1 Å². The second-order valence-corrected chi connectivity index (χ2v) is 4.77. The van der Waals surface area contributed by atoms with Gasteiger partial charge in [0.2, 0.25) is 0 Å². The summed E-state index contributed by atoms with van der Waals surface area (Å²) in [6, 6.07) is 7.27. The summed E-state index contributed by atoms with van der Waals surface area (Å²) in [7, 11) is 0. The van der Waals surface area contributed by atoms with Gasteiger partial charge in [-0.15, -0.1) is 11.3 Å². The number of benzene rings is 1. The molecule has 2 nitrogen and oxygen atoms in total. The summed E-state index contributed by atoms with van der Waals surface area (Å²) in [5.74, 6) is -4.68. The zero-order valence-corrected chi connectivity index (χ0v) is 9.64. The molecule has 0 saturated heterocycles. The summed E-state index contributed by atoms with van der Waals surface area (Å²) >= 11 is 1.39. The van der Waals surface area contributed by atoms with Crippen molar-refractivity contribution in [2.24, 2.45) is 0 Å². The van der Waals surface area contributed by atoms with Crippen LogP contribution in [0, 0.1) is 0 Å². The lowest BCUT2D eigenvalue weighted by Gasteiger charge is -2.13. The SMILES string of the molecule is O=C(O)CC(F)(F)Cc1csc2ccccc12. The summed E-state index contributed by atoms with van der Waals surface area (Å²) in [4.78, 5) is 10.3. The van der Waals surface area contributed by atoms with Crippen molar-refractivity contribution in [3.05, 3.63) is 35.2 Å². The first kappa shape index (κ1) is 12.0. The van der Waals surface area contributed by atoms with E-state index in [4.69, 9.17) is 5.11 Å². The first-order chi connectivity index (χ1) is 7.98. The number of fused-ring (bicyclic) bond motifs is 1. The molecule has 0 atom stereocenters. The van der Waals surface area contributed by atoms with Gasteiger partial charge in [-0.25, -0.2) is 8.78 Å². The van der Waals surface area contributed by atoms with Crippen LogP contribution in [0.2, 0.25) is 0 Å². The molecule has 90 valence electrons. The molecule has 1 heterocycles. The van der Waals surface area contributed by atoms with Crippen LogP contribution in [0.5, 0.6) is 0 Å². The summed E-state index contributed by atoms with van der Waals surface area (Å²) in [6.07, 6.45) is -1.65. The zero-order valence-electron chi connectivity index (χ0n) is 8.82. The third-order valence-corrected chi connectivity index (χ3v) is 3.43. The maximum Gasteiger partial charge on any atom is 0.309 e. The fraction of sp³-hybridized carbons (Fsp3) is 0.250. The quantitative estimate of drug-likeness (QED) is 0.908. The molecule has 0 aliphatic rings. The van der Waals surface area contributed by atoms with E-state index in [-0.39, 0.29) is 0 Å². The van der Waals surface area contributed by atoms with Gasteiger partial charge in [-0.2, -0.15) is 0 Å². The molecule has 0 bridgehead atoms. The van der Waals surface area contributed by atoms with Gasteiger partial charge in [-0.1, -0.05) is 18.2 Å². The van der Waals surface area contributed by atoms with Crippen molar-refractivity contribution in [3.8, 4) is 0 Å². The molecule has 0 unspecified atom stereocenters. The standard InChI is InChI=1S/C12H10F2O2S/c13-12(14,6-11(15)16)5-8-7-17-10-4-2-1-3-9(8)10/h1-4,7H,5-6H2,(H,15,16). The lowest BCUT2D eigenvalue weighted by Crippen LogP contribution is -2.23. The smallest absolute Gasteiger partial charge is 0.309 e. The average Bonchev–Trinajstić information content (AvgIpc) is 2.59. The molecule has 1 aromatic heterocycles. The van der Waals surface area contributed by atoms with E-state index in [9.17, 15) is 13.6 Å². The number of carboxylic acid groups (broad SMARTS) is 1. The molecule has 17 heavy (non-hydrogen) atoms. The zero-order chi connectivity index (χ0) is 12.5. The maximum absolute atomic E-state index is 13.4. The molecular weight excluding hydrogens is 246 g/mol. The molecular formula is C12H10F2O2S. The van der Waals surface area contributed by atoms with Gasteiger partial charge < -0.3 is 5.11 Å². The first-order valence-electron chi connectivity index (χ1n) is 5.03. The fourth-order valence-electron chi connectivity index (χ4n) is 1.73. The summed E-state index contributed by atoms with van der Waals surface area (Å²) < 4.78 is 27.7. The van der Waals surface area contributed by atoms with Crippen molar-refractivity contribution < 1.29 is 18.7 Å². The molecule has 1 N–H and O–H groups in total. The highest BCUT2D eigenvalue weighted by atomic mass is 32.1. The Kier molecular flexibility index (Phi) is 3.11. The molecule has 0 amide bonds. The lowest BCUT2D eigenvalue weighted by atomic mass is 10.0. The van der Waals surface area contributed by atoms with Gasteiger partial charge in [0, 0.05) is 11.1 Å². The van der Waals surface area contributed by atoms with Crippen LogP contribution in [-0.2, 0) is 11.2 Å². The van der Waals surface area contributed by atoms with Gasteiger partial charge in [0.1, 0.15) is 6.42 Å². The van der Waals surface area contributed by atoms with Crippen LogP contribution in [0.4, 0.5) is 8.78 Å². The Bertz CT molecular complexity index is 548. The third-order valence-electron chi connectivity index (χ3n) is 2.42. The number of carbonyl (C=O) groups is 1. The van der Waals surface area contributed by atoms with E-state index in [1.54, 1.807) is 17.5 Å². The Morgan fingerprint density at radius 2 is 2.06 bits per heavy atom. The van der Waals surface area contributed by atoms with E-state index < -0.39 is 24.7 Å². The molecule has 2 rings (SSSR count). The highest BCUT2D eigenvalue weighted by molar-refractivity contribution is 7.17. The predicted molar refractivity (Wildman–Crippen MR) is 62.7 cm³/mol. The van der Waals surface area contributed by atoms with E-state index in [0.717, 1.165) is 10.1 Å². The number of aliphatic carboxylic acids is 1. The minimum Gasteiger partial charge on any atom is -0.481 e. The average molecular weight is 256 g/mol. The maximum atomic E-state index is 13.4. The van der Waals surface area contributed by atoms with Crippen molar-refractivity contribution in [3.63, 3.8) is 0 Å². The number of carboxylic acids is 1. The second-order valence-electron chi connectivity index (χ2n) is 3.86. The van der Waals surface area contributed by atoms with Gasteiger partial charge in [-0.3, -0.25) is 4.79 Å². The summed E-state index contributed by atoms with van der Waals surface area (Å²) in [5.41, 5.74) is 0.511. The van der Waals surface area contributed by atoms with Crippen LogP contribution in [0.3, 0.4) is 0 Å². The fourth-order valence-corrected chi connectivity index (χ4v) is 2.69. The Hall–Kier alpha value is -1.49. The second kappa shape index (κ2) is 4.41. The van der Waals surface area contributed by atoms with Gasteiger partial charge in [0.15, 0.2) is 0 Å². The Balaban J connectivity index is 2.26. The predicted octanol–water partition coefficient (Wildman–Crippen LogP) is 3.55. The molecule has 0 saturated carbocycles. The minimum atomic E-state index is -3.20. The molecule has 5 heteroatoms. The van der Waals surface area contributed by atoms with Crippen LogP contribution in [-0.4, -0.2) is 17.0 Å². The largest absolute Gasteiger partial charge is 0.481 e. The molecule has 0 radical (unpaired) electrons. The van der Waals surface area contributed by atoms with Crippen LogP contribution in [0.1, 0.15) is 12.0 Å². The Morgan fingerprint density at radius 3 is 2.76 bits per heavy atom. The van der Waals surface area contributed by atoms with E-state index in [1.165, 1.54) is 11.3 Å². The number of thiophene rings is 1. The number of hydrogen-bond donors (Lipinski definition) is 1. The lowest BCUT2D eigenvalue weighted by molar-refractivity contribution is -0.144. The number of halogens is 2. The van der Waals surface area contributed by atoms with E-state index >= 15 is 0 Å². The summed E-state index contributed by atoms with van der Waals surface area (Å²) in [6.45, 7) is 0. The van der Waals surface area contributed by atoms with Gasteiger partial charge in [0.25, 0.3) is 5.92 Å². The van der Waals surface area contributed by atoms with Crippen molar-refractivity contribution in [2.75, 3.05) is 0 Å². The van der Waals surface area contributed by atoms with E-state index in [2.05, 4.69) is 0 Å². The summed E-state index contributed by atoms with van der Waals surface area (Å²) in [5, 5.41) is 10.9. The van der Waals surface area contributed by atoms with Gasteiger partial charge in [0.05, 0.1) is 0 Å². The molecule has 0 fully saturated rings. The molecule has 0 aliphatic heterocycles. The third kappa shape index (κ3) is 2.79.